The van der Waals surface area contributed by atoms with Gasteiger partial charge in [0.1, 0.15) is 0 Å². The van der Waals surface area contributed by atoms with Crippen molar-refractivity contribution in [3.05, 3.63) is 0 Å². The molecule has 0 saturated carbocycles. The van der Waals surface area contributed by atoms with Gasteiger partial charge in [0.05, 0.1) is 0 Å². The average molecular weight is 395 g/mol. The van der Waals surface area contributed by atoms with E-state index < -0.39 is 0 Å². The summed E-state index contributed by atoms with van der Waals surface area (Å²) < 4.78 is 0. The van der Waals surface area contributed by atoms with Crippen molar-refractivity contribution >= 4 is 0 Å². The Morgan fingerprint density at radius 3 is 0.929 bits per heavy atom. The fraction of sp³-hybridized carbons (Fsp3) is 1.00. The smallest absolute Gasteiger partial charge is 0.0152 e. The van der Waals surface area contributed by atoms with Gasteiger partial charge in [-0.05, 0) is 89.1 Å². The highest BCUT2D eigenvalue weighted by atomic mass is 15.2. The average Bonchev–Trinajstić information content (AvgIpc) is 3.20. The predicted octanol–water partition coefficient (Wildman–Crippen LogP) is 6.79. The molecule has 0 spiro atoms. The maximum absolute atomic E-state index is 2.70. The van der Waals surface area contributed by atoms with Gasteiger partial charge in [-0.3, -0.25) is 9.80 Å². The van der Waals surface area contributed by atoms with Gasteiger partial charge in [-0.2, -0.15) is 0 Å². The van der Waals surface area contributed by atoms with Crippen molar-refractivity contribution in [1.29, 1.82) is 0 Å². The highest BCUT2D eigenvalue weighted by Gasteiger charge is 2.39. The Bertz CT molecular complexity index is 352. The molecule has 4 unspecified atom stereocenters. The second-order valence-corrected chi connectivity index (χ2v) is 11.5. The molecule has 0 radical (unpaired) electrons. The number of hydrogen-bond donors (Lipinski definition) is 0. The summed E-state index contributed by atoms with van der Waals surface area (Å²) in [5, 5.41) is 0. The van der Waals surface area contributed by atoms with Crippen LogP contribution in [0, 0.1) is 35.5 Å². The van der Waals surface area contributed by atoms with E-state index in [2.05, 4.69) is 92.9 Å². The van der Waals surface area contributed by atoms with Crippen LogP contribution in [0.3, 0.4) is 0 Å². The zero-order valence-corrected chi connectivity index (χ0v) is 21.5. The van der Waals surface area contributed by atoms with Crippen LogP contribution >= 0.6 is 0 Å². The van der Waals surface area contributed by atoms with Crippen molar-refractivity contribution in [2.45, 2.75) is 120 Å². The number of nitrogens with zero attached hydrogens (tertiary/aromatic N) is 2. The van der Waals surface area contributed by atoms with Crippen LogP contribution in [0.15, 0.2) is 0 Å². The van der Waals surface area contributed by atoms with Gasteiger partial charge in [-0.1, -0.05) is 55.4 Å². The van der Waals surface area contributed by atoms with Gasteiger partial charge >= 0.3 is 0 Å². The van der Waals surface area contributed by atoms with Crippen LogP contribution in [0.5, 0.6) is 0 Å². The third-order valence-electron chi connectivity index (χ3n) is 7.49. The van der Waals surface area contributed by atoms with Crippen LogP contribution in [0.2, 0.25) is 0 Å². The minimum atomic E-state index is 0.714. The summed E-state index contributed by atoms with van der Waals surface area (Å²) >= 11 is 0. The summed E-state index contributed by atoms with van der Waals surface area (Å²) in [5.74, 6) is 5.10. The van der Waals surface area contributed by atoms with Crippen LogP contribution in [0.25, 0.3) is 0 Å². The van der Waals surface area contributed by atoms with Gasteiger partial charge in [0.25, 0.3) is 0 Å². The second-order valence-electron chi connectivity index (χ2n) is 11.5. The third-order valence-corrected chi connectivity index (χ3v) is 7.49. The Hall–Kier alpha value is -0.0800. The molecule has 4 atom stereocenters. The van der Waals surface area contributed by atoms with Crippen LogP contribution in [-0.4, -0.2) is 47.1 Å². The van der Waals surface area contributed by atoms with E-state index in [1.165, 1.54) is 25.9 Å². The van der Waals surface area contributed by atoms with Crippen molar-refractivity contribution < 1.29 is 0 Å². The fourth-order valence-corrected chi connectivity index (χ4v) is 6.14. The second kappa shape index (κ2) is 11.3. The number of rotatable bonds is 6. The van der Waals surface area contributed by atoms with E-state index in [1.54, 1.807) is 0 Å². The van der Waals surface area contributed by atoms with E-state index in [4.69, 9.17) is 0 Å². The molecule has 0 bridgehead atoms. The molecular weight excluding hydrogens is 340 g/mol. The zero-order valence-electron chi connectivity index (χ0n) is 21.5. The van der Waals surface area contributed by atoms with Gasteiger partial charge in [0, 0.05) is 24.2 Å². The quantitative estimate of drug-likeness (QED) is 0.489. The summed E-state index contributed by atoms with van der Waals surface area (Å²) in [5.41, 5.74) is 0. The number of likely N-dealkylation sites (tertiary alicyclic amines) is 2. The van der Waals surface area contributed by atoms with Crippen molar-refractivity contribution in [1.82, 2.24) is 9.80 Å². The summed E-state index contributed by atoms with van der Waals surface area (Å²) in [6.07, 6.45) is 2.80. The SMILES string of the molecule is CC(C)C1CCN(C(C)C)C1C(C)C.CC(C)C1CCN(C(C)C)C1C(C)C. The van der Waals surface area contributed by atoms with Crippen molar-refractivity contribution in [3.8, 4) is 0 Å². The molecule has 0 aromatic carbocycles. The van der Waals surface area contributed by atoms with E-state index in [0.29, 0.717) is 12.1 Å². The molecule has 2 heterocycles. The standard InChI is InChI=1S/2C13H27N/c2*1-9(2)12-7-8-14(11(5)6)13(12)10(3)4/h2*9-13H,7-8H2,1-6H3. The Labute approximate surface area is 178 Å². The van der Waals surface area contributed by atoms with Crippen molar-refractivity contribution in [3.63, 3.8) is 0 Å². The molecule has 0 aromatic heterocycles. The van der Waals surface area contributed by atoms with Gasteiger partial charge < -0.3 is 0 Å². The third kappa shape index (κ3) is 6.46. The van der Waals surface area contributed by atoms with Gasteiger partial charge in [-0.25, -0.2) is 0 Å². The Kier molecular flexibility index (Phi) is 10.5. The molecule has 2 fully saturated rings. The first-order chi connectivity index (χ1) is 12.9. The molecule has 2 saturated heterocycles. The normalized spacial score (nSPS) is 29.8. The summed E-state index contributed by atoms with van der Waals surface area (Å²) in [6.45, 7) is 31.0. The minimum Gasteiger partial charge on any atom is -0.297 e. The highest BCUT2D eigenvalue weighted by molar-refractivity contribution is 4.92. The lowest BCUT2D eigenvalue weighted by Gasteiger charge is -2.35. The first-order valence-electron chi connectivity index (χ1n) is 12.4. The summed E-state index contributed by atoms with van der Waals surface area (Å²) in [6, 6.07) is 3.06. The molecular formula is C26H54N2. The van der Waals surface area contributed by atoms with Crippen LogP contribution in [-0.2, 0) is 0 Å². The summed E-state index contributed by atoms with van der Waals surface area (Å²) in [7, 11) is 0. The van der Waals surface area contributed by atoms with Crippen molar-refractivity contribution in [2.75, 3.05) is 13.1 Å². The zero-order chi connectivity index (χ0) is 21.8. The van der Waals surface area contributed by atoms with E-state index in [0.717, 1.165) is 47.6 Å². The number of hydrogen-bond acceptors (Lipinski definition) is 2. The summed E-state index contributed by atoms with van der Waals surface area (Å²) in [4.78, 5) is 5.41. The molecule has 2 heteroatoms. The predicted molar refractivity (Wildman–Crippen MR) is 127 cm³/mol. The molecule has 0 amide bonds. The lowest BCUT2D eigenvalue weighted by atomic mass is 9.83. The van der Waals surface area contributed by atoms with Gasteiger partial charge in [0.2, 0.25) is 0 Å². The fourth-order valence-electron chi connectivity index (χ4n) is 6.14. The molecule has 168 valence electrons. The van der Waals surface area contributed by atoms with E-state index in [-0.39, 0.29) is 0 Å². The van der Waals surface area contributed by atoms with Crippen LogP contribution in [0.1, 0.15) is 95.9 Å². The largest absolute Gasteiger partial charge is 0.297 e. The Morgan fingerprint density at radius 1 is 0.464 bits per heavy atom. The monoisotopic (exact) mass is 394 g/mol. The van der Waals surface area contributed by atoms with Crippen LogP contribution in [0.4, 0.5) is 0 Å². The Morgan fingerprint density at radius 2 is 0.750 bits per heavy atom. The molecule has 2 aliphatic rings. The van der Waals surface area contributed by atoms with Crippen LogP contribution < -0.4 is 0 Å². The molecule has 0 aromatic rings. The topological polar surface area (TPSA) is 6.48 Å². The lowest BCUT2D eigenvalue weighted by Crippen LogP contribution is -2.42. The molecule has 28 heavy (non-hydrogen) atoms. The van der Waals surface area contributed by atoms with Crippen molar-refractivity contribution in [2.24, 2.45) is 35.5 Å². The first kappa shape index (κ1) is 26.0. The lowest BCUT2D eigenvalue weighted by molar-refractivity contribution is 0.125. The van der Waals surface area contributed by atoms with E-state index in [9.17, 15) is 0 Å². The molecule has 2 aliphatic heterocycles. The maximum Gasteiger partial charge on any atom is 0.0152 e. The maximum atomic E-state index is 2.70. The molecule has 0 N–H and O–H groups in total. The van der Waals surface area contributed by atoms with Gasteiger partial charge in [-0.15, -0.1) is 0 Å². The van der Waals surface area contributed by atoms with E-state index in [1.807, 2.05) is 0 Å². The van der Waals surface area contributed by atoms with Gasteiger partial charge in [0.15, 0.2) is 0 Å². The van der Waals surface area contributed by atoms with E-state index >= 15 is 0 Å². The first-order valence-corrected chi connectivity index (χ1v) is 12.4. The minimum absolute atomic E-state index is 0.714. The molecule has 2 nitrogen and oxygen atoms in total. The molecule has 2 rings (SSSR count). The Balaban J connectivity index is 0.000000280. The molecule has 0 aliphatic carbocycles. The highest BCUT2D eigenvalue weighted by Crippen LogP contribution is 2.36.